The standard InChI is InChI=1S/C18H31N5O3S/c1-14(2)11-23(15-4-9-27(25,26)13-15)17(24)12-22-8-5-19-10-16(22)18-20-6-7-21(18)3/h6-7,14-16,19H,4-5,8-13H2,1-3H3. The fourth-order valence-electron chi connectivity index (χ4n) is 4.02. The van der Waals surface area contributed by atoms with Crippen molar-refractivity contribution in [1.29, 1.82) is 0 Å². The molecule has 2 unspecified atom stereocenters. The molecule has 2 atom stereocenters. The van der Waals surface area contributed by atoms with Crippen molar-refractivity contribution in [2.24, 2.45) is 13.0 Å². The predicted octanol–water partition coefficient (Wildman–Crippen LogP) is 0.0381. The van der Waals surface area contributed by atoms with E-state index in [4.69, 9.17) is 0 Å². The van der Waals surface area contributed by atoms with E-state index in [-0.39, 0.29) is 29.5 Å². The zero-order valence-corrected chi connectivity index (χ0v) is 17.3. The van der Waals surface area contributed by atoms with Crippen LogP contribution >= 0.6 is 0 Å². The van der Waals surface area contributed by atoms with Crippen LogP contribution < -0.4 is 5.32 Å². The molecule has 2 saturated heterocycles. The van der Waals surface area contributed by atoms with E-state index in [0.29, 0.717) is 25.4 Å². The highest BCUT2D eigenvalue weighted by Crippen LogP contribution is 2.23. The first-order valence-corrected chi connectivity index (χ1v) is 11.5. The lowest BCUT2D eigenvalue weighted by Crippen LogP contribution is -2.53. The third-order valence-electron chi connectivity index (χ3n) is 5.38. The van der Waals surface area contributed by atoms with Gasteiger partial charge in [0, 0.05) is 51.7 Å². The highest BCUT2D eigenvalue weighted by atomic mass is 32.2. The van der Waals surface area contributed by atoms with Gasteiger partial charge in [0.25, 0.3) is 0 Å². The van der Waals surface area contributed by atoms with Gasteiger partial charge in [-0.25, -0.2) is 13.4 Å². The number of nitrogens with one attached hydrogen (secondary N) is 1. The largest absolute Gasteiger partial charge is 0.337 e. The van der Waals surface area contributed by atoms with E-state index >= 15 is 0 Å². The smallest absolute Gasteiger partial charge is 0.237 e. The maximum absolute atomic E-state index is 13.2. The monoisotopic (exact) mass is 397 g/mol. The number of hydrogen-bond acceptors (Lipinski definition) is 6. The molecule has 3 heterocycles. The van der Waals surface area contributed by atoms with Crippen molar-refractivity contribution < 1.29 is 13.2 Å². The lowest BCUT2D eigenvalue weighted by molar-refractivity contribution is -0.135. The van der Waals surface area contributed by atoms with Crippen molar-refractivity contribution in [3.05, 3.63) is 18.2 Å². The van der Waals surface area contributed by atoms with Crippen LogP contribution in [0.5, 0.6) is 0 Å². The molecule has 0 spiro atoms. The molecule has 2 fully saturated rings. The molecule has 8 nitrogen and oxygen atoms in total. The molecule has 0 saturated carbocycles. The number of piperazine rings is 1. The van der Waals surface area contributed by atoms with E-state index in [1.165, 1.54) is 0 Å². The molecule has 3 rings (SSSR count). The van der Waals surface area contributed by atoms with Gasteiger partial charge in [-0.05, 0) is 12.3 Å². The maximum Gasteiger partial charge on any atom is 0.237 e. The van der Waals surface area contributed by atoms with Crippen molar-refractivity contribution in [2.75, 3.05) is 44.2 Å². The minimum atomic E-state index is -3.03. The summed E-state index contributed by atoms with van der Waals surface area (Å²) in [5.74, 6) is 1.53. The van der Waals surface area contributed by atoms with Crippen molar-refractivity contribution in [2.45, 2.75) is 32.4 Å². The Morgan fingerprint density at radius 1 is 1.44 bits per heavy atom. The van der Waals surface area contributed by atoms with Crippen molar-refractivity contribution >= 4 is 15.7 Å². The summed E-state index contributed by atoms with van der Waals surface area (Å²) in [7, 11) is -1.06. The number of carbonyl (C=O) groups is 1. The Bertz CT molecular complexity index is 761. The number of carbonyl (C=O) groups excluding carboxylic acids is 1. The Morgan fingerprint density at radius 2 is 2.22 bits per heavy atom. The van der Waals surface area contributed by atoms with Gasteiger partial charge in [0.2, 0.25) is 5.91 Å². The average molecular weight is 398 g/mol. The molecule has 152 valence electrons. The van der Waals surface area contributed by atoms with Gasteiger partial charge in [-0.1, -0.05) is 13.8 Å². The Balaban J connectivity index is 1.74. The van der Waals surface area contributed by atoms with E-state index in [2.05, 4.69) is 29.0 Å². The Morgan fingerprint density at radius 3 is 2.81 bits per heavy atom. The summed E-state index contributed by atoms with van der Waals surface area (Å²) in [6.45, 7) is 7.36. The maximum atomic E-state index is 13.2. The van der Waals surface area contributed by atoms with Gasteiger partial charge in [0.1, 0.15) is 5.82 Å². The zero-order valence-electron chi connectivity index (χ0n) is 16.5. The van der Waals surface area contributed by atoms with Crippen LogP contribution in [0.2, 0.25) is 0 Å². The average Bonchev–Trinajstić information content (AvgIpc) is 3.18. The molecule has 1 N–H and O–H groups in total. The molecule has 2 aliphatic rings. The summed E-state index contributed by atoms with van der Waals surface area (Å²) >= 11 is 0. The van der Waals surface area contributed by atoms with Gasteiger partial charge in [0.05, 0.1) is 24.1 Å². The summed E-state index contributed by atoms with van der Waals surface area (Å²) < 4.78 is 25.8. The second-order valence-electron chi connectivity index (χ2n) is 8.08. The fourth-order valence-corrected chi connectivity index (χ4v) is 5.75. The highest BCUT2D eigenvalue weighted by molar-refractivity contribution is 7.91. The second-order valence-corrected chi connectivity index (χ2v) is 10.3. The Hall–Kier alpha value is -1.45. The number of sulfone groups is 1. The van der Waals surface area contributed by atoms with Crippen LogP contribution in [0.25, 0.3) is 0 Å². The number of amides is 1. The minimum absolute atomic E-state index is 0.0203. The molecule has 1 aromatic heterocycles. The minimum Gasteiger partial charge on any atom is -0.337 e. The first kappa shape index (κ1) is 20.3. The molecule has 9 heteroatoms. The van der Waals surface area contributed by atoms with E-state index in [1.807, 2.05) is 22.7 Å². The van der Waals surface area contributed by atoms with Gasteiger partial charge in [-0.15, -0.1) is 0 Å². The topological polar surface area (TPSA) is 87.5 Å². The molecule has 2 aliphatic heterocycles. The summed E-state index contributed by atoms with van der Waals surface area (Å²) in [6.07, 6.45) is 4.24. The molecule has 0 aliphatic carbocycles. The summed E-state index contributed by atoms with van der Waals surface area (Å²) in [5.41, 5.74) is 0. The lowest BCUT2D eigenvalue weighted by Gasteiger charge is -2.38. The second kappa shape index (κ2) is 8.28. The molecule has 0 aromatic carbocycles. The quantitative estimate of drug-likeness (QED) is 0.729. The summed E-state index contributed by atoms with van der Waals surface area (Å²) in [6, 6.07) is -0.157. The number of nitrogens with zero attached hydrogens (tertiary/aromatic N) is 4. The Kier molecular flexibility index (Phi) is 6.22. The molecular formula is C18H31N5O3S. The number of aromatic nitrogens is 2. The molecule has 0 bridgehead atoms. The molecule has 27 heavy (non-hydrogen) atoms. The third kappa shape index (κ3) is 4.89. The van der Waals surface area contributed by atoms with Crippen LogP contribution in [0.15, 0.2) is 12.4 Å². The van der Waals surface area contributed by atoms with Crippen LogP contribution in [-0.4, -0.2) is 83.9 Å². The highest BCUT2D eigenvalue weighted by Gasteiger charge is 2.36. The van der Waals surface area contributed by atoms with E-state index in [9.17, 15) is 13.2 Å². The van der Waals surface area contributed by atoms with E-state index in [0.717, 1.165) is 25.5 Å². The molecule has 1 aromatic rings. The van der Waals surface area contributed by atoms with Gasteiger partial charge >= 0.3 is 0 Å². The van der Waals surface area contributed by atoms with Crippen molar-refractivity contribution in [3.8, 4) is 0 Å². The van der Waals surface area contributed by atoms with Gasteiger partial charge in [-0.2, -0.15) is 0 Å². The molecule has 0 radical (unpaired) electrons. The fraction of sp³-hybridized carbons (Fsp3) is 0.778. The molecular weight excluding hydrogens is 366 g/mol. The first-order chi connectivity index (χ1) is 12.8. The number of aryl methyl sites for hydroxylation is 1. The van der Waals surface area contributed by atoms with Gasteiger partial charge < -0.3 is 14.8 Å². The van der Waals surface area contributed by atoms with Crippen molar-refractivity contribution in [1.82, 2.24) is 24.7 Å². The third-order valence-corrected chi connectivity index (χ3v) is 7.13. The Labute approximate surface area is 161 Å². The zero-order chi connectivity index (χ0) is 19.6. The number of hydrogen-bond donors (Lipinski definition) is 1. The predicted molar refractivity (Wildman–Crippen MR) is 104 cm³/mol. The van der Waals surface area contributed by atoms with Gasteiger partial charge in [-0.3, -0.25) is 9.69 Å². The van der Waals surface area contributed by atoms with Crippen LogP contribution in [0.4, 0.5) is 0 Å². The molecule has 1 amide bonds. The van der Waals surface area contributed by atoms with E-state index in [1.54, 1.807) is 6.20 Å². The normalized spacial score (nSPS) is 25.8. The summed E-state index contributed by atoms with van der Waals surface area (Å²) in [4.78, 5) is 21.6. The van der Waals surface area contributed by atoms with Gasteiger partial charge in [0.15, 0.2) is 9.84 Å². The van der Waals surface area contributed by atoms with E-state index < -0.39 is 9.84 Å². The van der Waals surface area contributed by atoms with Crippen molar-refractivity contribution in [3.63, 3.8) is 0 Å². The van der Waals surface area contributed by atoms with Crippen LogP contribution in [-0.2, 0) is 21.7 Å². The SMILES string of the molecule is CC(C)CN(C(=O)CN1CCNCC1c1nccn1C)C1CCS(=O)(=O)C1. The number of rotatable bonds is 6. The first-order valence-electron chi connectivity index (χ1n) is 9.68. The number of imidazole rings is 1. The lowest BCUT2D eigenvalue weighted by atomic mass is 10.1. The van der Waals surface area contributed by atoms with Crippen LogP contribution in [0, 0.1) is 5.92 Å². The van der Waals surface area contributed by atoms with Crippen LogP contribution in [0.3, 0.4) is 0 Å². The van der Waals surface area contributed by atoms with Crippen LogP contribution in [0.1, 0.15) is 32.1 Å². The summed E-state index contributed by atoms with van der Waals surface area (Å²) in [5, 5.41) is 3.38.